The van der Waals surface area contributed by atoms with Crippen molar-refractivity contribution in [3.8, 4) is 0 Å². The Kier molecular flexibility index (Phi) is 5.81. The van der Waals surface area contributed by atoms with Crippen molar-refractivity contribution in [1.29, 1.82) is 0 Å². The van der Waals surface area contributed by atoms with E-state index in [1.54, 1.807) is 54.6 Å². The van der Waals surface area contributed by atoms with Crippen LogP contribution >= 0.6 is 0 Å². The van der Waals surface area contributed by atoms with Gasteiger partial charge in [0.25, 0.3) is 0 Å². The highest BCUT2D eigenvalue weighted by Crippen LogP contribution is 2.20. The summed E-state index contributed by atoms with van der Waals surface area (Å²) in [5.41, 5.74) is 2.46. The molecule has 8 heteroatoms. The molecule has 1 aromatic heterocycles. The first-order valence-electron chi connectivity index (χ1n) is 8.32. The lowest BCUT2D eigenvalue weighted by Gasteiger charge is -2.09. The number of aromatic nitrogens is 2. The molecule has 0 aliphatic rings. The Morgan fingerprint density at radius 3 is 1.46 bits per heavy atom. The van der Waals surface area contributed by atoms with E-state index in [1.165, 1.54) is 20.5 Å². The molecule has 0 radical (unpaired) electrons. The van der Waals surface area contributed by atoms with Crippen molar-refractivity contribution < 1.29 is 19.1 Å². The number of benzene rings is 2. The number of esters is 2. The van der Waals surface area contributed by atoms with Crippen LogP contribution in [0.5, 0.6) is 0 Å². The smallest absolute Gasteiger partial charge is 0.337 e. The molecule has 142 valence electrons. The van der Waals surface area contributed by atoms with Crippen LogP contribution in [-0.4, -0.2) is 36.1 Å². The van der Waals surface area contributed by atoms with Crippen LogP contribution in [0.25, 0.3) is 0 Å². The minimum Gasteiger partial charge on any atom is -0.465 e. The Morgan fingerprint density at radius 1 is 0.714 bits per heavy atom. The fraction of sp³-hybridized carbons (Fsp3) is 0.100. The molecule has 3 aromatic rings. The van der Waals surface area contributed by atoms with Gasteiger partial charge >= 0.3 is 11.9 Å². The predicted molar refractivity (Wildman–Crippen MR) is 104 cm³/mol. The fourth-order valence-corrected chi connectivity index (χ4v) is 2.40. The highest BCUT2D eigenvalue weighted by molar-refractivity contribution is 5.90. The first-order chi connectivity index (χ1) is 13.6. The Morgan fingerprint density at radius 2 is 1.11 bits per heavy atom. The molecule has 2 aromatic carbocycles. The lowest BCUT2D eigenvalue weighted by molar-refractivity contribution is 0.0592. The summed E-state index contributed by atoms with van der Waals surface area (Å²) in [4.78, 5) is 31.3. The van der Waals surface area contributed by atoms with Crippen molar-refractivity contribution in [1.82, 2.24) is 9.97 Å². The van der Waals surface area contributed by atoms with Crippen LogP contribution < -0.4 is 10.6 Å². The first-order valence-corrected chi connectivity index (χ1v) is 8.32. The maximum Gasteiger partial charge on any atom is 0.337 e. The number of rotatable bonds is 6. The standard InChI is InChI=1S/C20H18N4O4/c1-27-19(25)13-3-7-15(8-4-13)23-17-11-18(22-12-21-17)24-16-9-5-14(6-10-16)20(26)28-2/h3-12H,1-2H3,(H2,21,22,23,24). The molecule has 0 aliphatic heterocycles. The van der Waals surface area contributed by atoms with Crippen molar-refractivity contribution in [3.63, 3.8) is 0 Å². The zero-order valence-corrected chi connectivity index (χ0v) is 15.3. The van der Waals surface area contributed by atoms with E-state index in [2.05, 4.69) is 30.1 Å². The van der Waals surface area contributed by atoms with Gasteiger partial charge in [-0.1, -0.05) is 0 Å². The van der Waals surface area contributed by atoms with Gasteiger partial charge in [-0.2, -0.15) is 0 Å². The van der Waals surface area contributed by atoms with E-state index in [1.807, 2.05) is 0 Å². The van der Waals surface area contributed by atoms with Crippen LogP contribution in [0.4, 0.5) is 23.0 Å². The quantitative estimate of drug-likeness (QED) is 0.628. The molecular weight excluding hydrogens is 360 g/mol. The maximum atomic E-state index is 11.5. The van der Waals surface area contributed by atoms with E-state index in [4.69, 9.17) is 0 Å². The molecule has 0 saturated carbocycles. The molecule has 0 unspecified atom stereocenters. The topological polar surface area (TPSA) is 102 Å². The van der Waals surface area contributed by atoms with E-state index >= 15 is 0 Å². The van der Waals surface area contributed by atoms with Crippen LogP contribution in [0.1, 0.15) is 20.7 Å². The third-order valence-electron chi connectivity index (χ3n) is 3.82. The van der Waals surface area contributed by atoms with E-state index < -0.39 is 11.9 Å². The average Bonchev–Trinajstić information content (AvgIpc) is 2.74. The van der Waals surface area contributed by atoms with Crippen LogP contribution in [-0.2, 0) is 9.47 Å². The highest BCUT2D eigenvalue weighted by atomic mass is 16.5. The summed E-state index contributed by atoms with van der Waals surface area (Å²) >= 11 is 0. The van der Waals surface area contributed by atoms with E-state index in [9.17, 15) is 9.59 Å². The summed E-state index contributed by atoms with van der Waals surface area (Å²) in [6.07, 6.45) is 1.43. The second-order valence-corrected chi connectivity index (χ2v) is 5.68. The van der Waals surface area contributed by atoms with Gasteiger partial charge in [-0.05, 0) is 48.5 Å². The van der Waals surface area contributed by atoms with Gasteiger partial charge in [0.1, 0.15) is 18.0 Å². The number of ether oxygens (including phenoxy) is 2. The van der Waals surface area contributed by atoms with Gasteiger partial charge in [0.15, 0.2) is 0 Å². The third-order valence-corrected chi connectivity index (χ3v) is 3.82. The number of hydrogen-bond donors (Lipinski definition) is 2. The predicted octanol–water partition coefficient (Wildman–Crippen LogP) is 3.54. The van der Waals surface area contributed by atoms with Crippen LogP contribution in [0.2, 0.25) is 0 Å². The van der Waals surface area contributed by atoms with Gasteiger partial charge in [-0.3, -0.25) is 0 Å². The van der Waals surface area contributed by atoms with Crippen molar-refractivity contribution >= 4 is 34.9 Å². The zero-order valence-electron chi connectivity index (χ0n) is 15.3. The molecule has 0 saturated heterocycles. The number of hydrogen-bond acceptors (Lipinski definition) is 8. The first kappa shape index (κ1) is 18.8. The number of carbonyl (C=O) groups is 2. The fourth-order valence-electron chi connectivity index (χ4n) is 2.40. The Bertz CT molecular complexity index is 896. The van der Waals surface area contributed by atoms with Gasteiger partial charge < -0.3 is 20.1 Å². The molecule has 1 heterocycles. The Hall–Kier alpha value is -3.94. The average molecular weight is 378 g/mol. The van der Waals surface area contributed by atoms with Gasteiger partial charge in [0.05, 0.1) is 25.3 Å². The van der Waals surface area contributed by atoms with E-state index in [0.29, 0.717) is 22.8 Å². The Labute approximate surface area is 161 Å². The number of carbonyl (C=O) groups excluding carboxylic acids is 2. The molecule has 28 heavy (non-hydrogen) atoms. The van der Waals surface area contributed by atoms with Gasteiger partial charge in [-0.15, -0.1) is 0 Å². The van der Waals surface area contributed by atoms with Crippen LogP contribution in [0, 0.1) is 0 Å². The minimum absolute atomic E-state index is 0.390. The minimum atomic E-state index is -0.390. The second kappa shape index (κ2) is 8.63. The van der Waals surface area contributed by atoms with Gasteiger partial charge in [0, 0.05) is 17.4 Å². The lowest BCUT2D eigenvalue weighted by Crippen LogP contribution is -2.02. The summed E-state index contributed by atoms with van der Waals surface area (Å²) in [5, 5.41) is 6.28. The second-order valence-electron chi connectivity index (χ2n) is 5.68. The molecule has 0 spiro atoms. The normalized spacial score (nSPS) is 10.1. The van der Waals surface area contributed by atoms with E-state index in [-0.39, 0.29) is 0 Å². The summed E-state index contributed by atoms with van der Waals surface area (Å²) in [6.45, 7) is 0. The van der Waals surface area contributed by atoms with Crippen molar-refractivity contribution in [2.45, 2.75) is 0 Å². The zero-order chi connectivity index (χ0) is 19.9. The summed E-state index contributed by atoms with van der Waals surface area (Å²) < 4.78 is 9.36. The summed E-state index contributed by atoms with van der Waals surface area (Å²) in [5.74, 6) is 0.376. The highest BCUT2D eigenvalue weighted by Gasteiger charge is 2.07. The molecular formula is C20H18N4O4. The monoisotopic (exact) mass is 378 g/mol. The van der Waals surface area contributed by atoms with Gasteiger partial charge in [0.2, 0.25) is 0 Å². The van der Waals surface area contributed by atoms with Crippen molar-refractivity contribution in [2.75, 3.05) is 24.9 Å². The lowest BCUT2D eigenvalue weighted by atomic mass is 10.2. The summed E-state index contributed by atoms with van der Waals surface area (Å²) in [7, 11) is 2.68. The number of nitrogens with zero attached hydrogens (tertiary/aromatic N) is 2. The van der Waals surface area contributed by atoms with Gasteiger partial charge in [-0.25, -0.2) is 19.6 Å². The van der Waals surface area contributed by atoms with E-state index in [0.717, 1.165) is 11.4 Å². The molecule has 0 bridgehead atoms. The molecule has 0 amide bonds. The van der Waals surface area contributed by atoms with Crippen molar-refractivity contribution in [2.24, 2.45) is 0 Å². The van der Waals surface area contributed by atoms with Crippen molar-refractivity contribution in [3.05, 3.63) is 72.1 Å². The largest absolute Gasteiger partial charge is 0.465 e. The molecule has 2 N–H and O–H groups in total. The number of methoxy groups -OCH3 is 2. The maximum absolute atomic E-state index is 11.5. The summed E-state index contributed by atoms with van der Waals surface area (Å²) in [6, 6.07) is 15.4. The SMILES string of the molecule is COC(=O)c1ccc(Nc2cc(Nc3ccc(C(=O)OC)cc3)ncn2)cc1. The molecule has 0 atom stereocenters. The van der Waals surface area contributed by atoms with Crippen LogP contribution in [0.3, 0.4) is 0 Å². The molecule has 3 rings (SSSR count). The number of nitrogens with one attached hydrogen (secondary N) is 2. The van der Waals surface area contributed by atoms with Crippen LogP contribution in [0.15, 0.2) is 60.9 Å². The Balaban J connectivity index is 1.68. The number of anilines is 4. The molecule has 0 aliphatic carbocycles. The third kappa shape index (κ3) is 4.61. The molecule has 8 nitrogen and oxygen atoms in total. The molecule has 0 fully saturated rings.